The maximum absolute atomic E-state index is 13.1. The van der Waals surface area contributed by atoms with E-state index in [1.165, 1.54) is 0 Å². The van der Waals surface area contributed by atoms with E-state index in [1.54, 1.807) is 0 Å². The molecule has 4 heteroatoms. The molecule has 1 fully saturated rings. The number of rotatable bonds is 3. The fourth-order valence-corrected chi connectivity index (χ4v) is 3.65. The highest BCUT2D eigenvalue weighted by Gasteiger charge is 2.36. The van der Waals surface area contributed by atoms with Crippen LogP contribution in [-0.4, -0.2) is 24.9 Å². The predicted molar refractivity (Wildman–Crippen MR) is 103 cm³/mol. The van der Waals surface area contributed by atoms with Crippen molar-refractivity contribution in [3.05, 3.63) is 59.7 Å². The van der Waals surface area contributed by atoms with Gasteiger partial charge in [-0.05, 0) is 49.4 Å². The number of para-hydroxylation sites is 2. The molecule has 0 atom stereocenters. The van der Waals surface area contributed by atoms with Crippen LogP contribution in [0, 0.1) is 12.8 Å². The third-order valence-electron chi connectivity index (χ3n) is 5.32. The Morgan fingerprint density at radius 1 is 0.923 bits per heavy atom. The number of aryl methyl sites for hydroxylation is 1. The van der Waals surface area contributed by atoms with Crippen LogP contribution in [0.15, 0.2) is 48.5 Å². The highest BCUT2D eigenvalue weighted by molar-refractivity contribution is 6.04. The molecule has 4 nitrogen and oxygen atoms in total. The summed E-state index contributed by atoms with van der Waals surface area (Å²) in [5, 5.41) is 0. The van der Waals surface area contributed by atoms with E-state index in [4.69, 9.17) is 0 Å². The van der Waals surface area contributed by atoms with Crippen molar-refractivity contribution in [1.82, 2.24) is 0 Å². The summed E-state index contributed by atoms with van der Waals surface area (Å²) in [5.74, 6) is 0.482. The molecule has 134 valence electrons. The van der Waals surface area contributed by atoms with Crippen molar-refractivity contribution in [2.75, 3.05) is 22.9 Å². The van der Waals surface area contributed by atoms with E-state index in [0.717, 1.165) is 41.8 Å². The van der Waals surface area contributed by atoms with E-state index >= 15 is 0 Å². The number of hydrogen-bond donors (Lipinski definition) is 0. The van der Waals surface area contributed by atoms with Gasteiger partial charge in [-0.2, -0.15) is 0 Å². The fraction of sp³-hybridized carbons (Fsp3) is 0.364. The Kier molecular flexibility index (Phi) is 4.49. The molecule has 2 aromatic rings. The van der Waals surface area contributed by atoms with Gasteiger partial charge in [0.05, 0.1) is 17.8 Å². The van der Waals surface area contributed by atoms with Crippen molar-refractivity contribution in [3.63, 3.8) is 0 Å². The lowest BCUT2D eigenvalue weighted by Gasteiger charge is -2.26. The largest absolute Gasteiger partial charge is 0.310 e. The number of fused-ring (bicyclic) bond motifs is 1. The molecular weight excluding hydrogens is 324 g/mol. The molecule has 26 heavy (non-hydrogen) atoms. The van der Waals surface area contributed by atoms with Gasteiger partial charge in [0.2, 0.25) is 11.8 Å². The minimum absolute atomic E-state index is 0.0903. The number of carbonyl (C=O) groups excluding carboxylic acids is 2. The van der Waals surface area contributed by atoms with Gasteiger partial charge in [0.1, 0.15) is 0 Å². The van der Waals surface area contributed by atoms with Gasteiger partial charge in [-0.3, -0.25) is 9.59 Å². The van der Waals surface area contributed by atoms with E-state index in [9.17, 15) is 9.59 Å². The summed E-state index contributed by atoms with van der Waals surface area (Å²) in [5.41, 5.74) is 3.93. The molecule has 0 bridgehead atoms. The first-order chi connectivity index (χ1) is 12.6. The van der Waals surface area contributed by atoms with E-state index in [1.807, 2.05) is 65.3 Å². The van der Waals surface area contributed by atoms with Gasteiger partial charge in [0.25, 0.3) is 0 Å². The van der Waals surface area contributed by atoms with Crippen LogP contribution in [0.4, 0.5) is 11.4 Å². The molecule has 2 amide bonds. The van der Waals surface area contributed by atoms with Crippen molar-refractivity contribution in [1.29, 1.82) is 0 Å². The summed E-state index contributed by atoms with van der Waals surface area (Å²) in [6, 6.07) is 15.8. The van der Waals surface area contributed by atoms with Crippen molar-refractivity contribution in [2.45, 2.75) is 32.6 Å². The molecule has 0 spiro atoms. The van der Waals surface area contributed by atoms with Gasteiger partial charge >= 0.3 is 0 Å². The topological polar surface area (TPSA) is 40.6 Å². The lowest BCUT2D eigenvalue weighted by atomic mass is 10.0. The van der Waals surface area contributed by atoms with E-state index in [0.29, 0.717) is 19.5 Å². The monoisotopic (exact) mass is 348 g/mol. The van der Waals surface area contributed by atoms with Gasteiger partial charge in [0, 0.05) is 19.0 Å². The average Bonchev–Trinajstić information content (AvgIpc) is 3.49. The van der Waals surface area contributed by atoms with Crippen molar-refractivity contribution in [2.24, 2.45) is 5.92 Å². The van der Waals surface area contributed by atoms with Crippen LogP contribution in [0.5, 0.6) is 0 Å². The zero-order chi connectivity index (χ0) is 18.1. The summed E-state index contributed by atoms with van der Waals surface area (Å²) in [4.78, 5) is 29.6. The highest BCUT2D eigenvalue weighted by Crippen LogP contribution is 2.38. The second kappa shape index (κ2) is 6.94. The van der Waals surface area contributed by atoms with Crippen molar-refractivity contribution >= 4 is 23.2 Å². The molecule has 1 heterocycles. The van der Waals surface area contributed by atoms with E-state index in [2.05, 4.69) is 0 Å². The second-order valence-corrected chi connectivity index (χ2v) is 7.26. The number of amides is 2. The Balaban J connectivity index is 1.63. The smallest absolute Gasteiger partial charge is 0.231 e. The average molecular weight is 348 g/mol. The van der Waals surface area contributed by atoms with Gasteiger partial charge in [-0.1, -0.05) is 36.4 Å². The van der Waals surface area contributed by atoms with Crippen LogP contribution in [0.3, 0.4) is 0 Å². The van der Waals surface area contributed by atoms with E-state index < -0.39 is 0 Å². The SMILES string of the molecule is Cc1ccccc1CC(=O)N1CCCN(C(=O)C2CC2)c2ccccc21. The molecule has 0 saturated heterocycles. The van der Waals surface area contributed by atoms with Crippen LogP contribution >= 0.6 is 0 Å². The predicted octanol–water partition coefficient (Wildman–Crippen LogP) is 3.72. The first-order valence-electron chi connectivity index (χ1n) is 9.40. The van der Waals surface area contributed by atoms with Gasteiger partial charge in [0.15, 0.2) is 0 Å². The third kappa shape index (κ3) is 3.24. The zero-order valence-corrected chi connectivity index (χ0v) is 15.1. The molecule has 0 radical (unpaired) electrons. The lowest BCUT2D eigenvalue weighted by molar-refractivity contribution is -0.120. The van der Waals surface area contributed by atoms with Gasteiger partial charge in [-0.25, -0.2) is 0 Å². The summed E-state index contributed by atoms with van der Waals surface area (Å²) in [6.45, 7) is 3.37. The first kappa shape index (κ1) is 16.8. The lowest BCUT2D eigenvalue weighted by Crippen LogP contribution is -2.33. The number of benzene rings is 2. The normalized spacial score (nSPS) is 16.8. The molecule has 1 saturated carbocycles. The number of nitrogens with zero attached hydrogens (tertiary/aromatic N) is 2. The standard InChI is InChI=1S/C22H24N2O2/c1-16-7-2-3-8-18(16)15-21(25)23-13-6-14-24(22(26)17-11-12-17)20-10-5-4-9-19(20)23/h2-5,7-10,17H,6,11-15H2,1H3. The molecule has 4 rings (SSSR count). The molecule has 0 N–H and O–H groups in total. The Bertz CT molecular complexity index is 842. The highest BCUT2D eigenvalue weighted by atomic mass is 16.2. The summed E-state index contributed by atoms with van der Waals surface area (Å²) in [6.07, 6.45) is 3.17. The molecular formula is C22H24N2O2. The van der Waals surface area contributed by atoms with Crippen LogP contribution in [-0.2, 0) is 16.0 Å². The number of carbonyl (C=O) groups is 2. The zero-order valence-electron chi connectivity index (χ0n) is 15.1. The van der Waals surface area contributed by atoms with Crippen LogP contribution in [0.2, 0.25) is 0 Å². The maximum Gasteiger partial charge on any atom is 0.231 e. The molecule has 1 aliphatic carbocycles. The van der Waals surface area contributed by atoms with Crippen LogP contribution in [0.25, 0.3) is 0 Å². The van der Waals surface area contributed by atoms with Crippen LogP contribution in [0.1, 0.15) is 30.4 Å². The Hall–Kier alpha value is -2.62. The minimum atomic E-state index is 0.0903. The van der Waals surface area contributed by atoms with Crippen LogP contribution < -0.4 is 9.80 Å². The van der Waals surface area contributed by atoms with Gasteiger partial charge in [-0.15, -0.1) is 0 Å². The summed E-state index contributed by atoms with van der Waals surface area (Å²) < 4.78 is 0. The molecule has 0 aromatic heterocycles. The molecule has 1 aliphatic heterocycles. The van der Waals surface area contributed by atoms with Crippen molar-refractivity contribution in [3.8, 4) is 0 Å². The third-order valence-corrected chi connectivity index (χ3v) is 5.32. The van der Waals surface area contributed by atoms with Crippen molar-refractivity contribution < 1.29 is 9.59 Å². The Labute approximate surface area is 154 Å². The molecule has 0 unspecified atom stereocenters. The minimum Gasteiger partial charge on any atom is -0.310 e. The molecule has 2 aliphatic rings. The number of hydrogen-bond acceptors (Lipinski definition) is 2. The Morgan fingerprint density at radius 2 is 1.54 bits per heavy atom. The molecule has 2 aromatic carbocycles. The maximum atomic E-state index is 13.1. The quantitative estimate of drug-likeness (QED) is 0.848. The van der Waals surface area contributed by atoms with Gasteiger partial charge < -0.3 is 9.80 Å². The fourth-order valence-electron chi connectivity index (χ4n) is 3.65. The first-order valence-corrected chi connectivity index (χ1v) is 9.40. The number of anilines is 2. The summed E-state index contributed by atoms with van der Waals surface area (Å²) >= 11 is 0. The Morgan fingerprint density at radius 3 is 2.23 bits per heavy atom. The van der Waals surface area contributed by atoms with E-state index in [-0.39, 0.29) is 17.7 Å². The second-order valence-electron chi connectivity index (χ2n) is 7.26. The summed E-state index contributed by atoms with van der Waals surface area (Å²) in [7, 11) is 0.